The second kappa shape index (κ2) is 6.71. The summed E-state index contributed by atoms with van der Waals surface area (Å²) in [7, 11) is 2.12. The number of carboxylic acids is 1. The molecule has 3 nitrogen and oxygen atoms in total. The second-order valence-corrected chi connectivity index (χ2v) is 6.37. The van der Waals surface area contributed by atoms with Crippen LogP contribution in [0.5, 0.6) is 0 Å². The van der Waals surface area contributed by atoms with Gasteiger partial charge in [0.25, 0.3) is 0 Å². The zero-order valence-electron chi connectivity index (χ0n) is 13.1. The van der Waals surface area contributed by atoms with Gasteiger partial charge in [-0.25, -0.2) is 4.79 Å². The van der Waals surface area contributed by atoms with Crippen LogP contribution in [0.25, 0.3) is 6.08 Å². The van der Waals surface area contributed by atoms with Crippen LogP contribution in [0.1, 0.15) is 38.8 Å². The zero-order chi connectivity index (χ0) is 15.3. The van der Waals surface area contributed by atoms with Gasteiger partial charge in [-0.05, 0) is 36.6 Å². The van der Waals surface area contributed by atoms with Crippen molar-refractivity contribution in [2.24, 2.45) is 5.41 Å². The highest BCUT2D eigenvalue weighted by molar-refractivity contribution is 5.85. The summed E-state index contributed by atoms with van der Waals surface area (Å²) in [6.45, 7) is 9.79. The summed E-state index contributed by atoms with van der Waals surface area (Å²) in [5, 5.41) is 8.66. The largest absolute Gasteiger partial charge is 0.478 e. The Bertz CT molecular complexity index is 486. The molecule has 0 bridgehead atoms. The number of hydrogen-bond acceptors (Lipinski definition) is 2. The molecule has 0 saturated heterocycles. The van der Waals surface area contributed by atoms with Crippen LogP contribution >= 0.6 is 0 Å². The lowest BCUT2D eigenvalue weighted by Crippen LogP contribution is -2.38. The van der Waals surface area contributed by atoms with Gasteiger partial charge in [-0.2, -0.15) is 0 Å². The lowest BCUT2D eigenvalue weighted by Gasteiger charge is -2.35. The van der Waals surface area contributed by atoms with Crippen molar-refractivity contribution in [1.82, 2.24) is 4.90 Å². The van der Waals surface area contributed by atoms with Gasteiger partial charge in [-0.15, -0.1) is 0 Å². The molecule has 1 rings (SSSR count). The maximum atomic E-state index is 10.5. The summed E-state index contributed by atoms with van der Waals surface area (Å²) in [6.07, 6.45) is 2.79. The molecule has 0 saturated carbocycles. The predicted molar refractivity (Wildman–Crippen MR) is 83.5 cm³/mol. The molecule has 0 radical (unpaired) electrons. The molecule has 0 amide bonds. The Labute approximate surface area is 121 Å². The third-order valence-electron chi connectivity index (χ3n) is 3.72. The third kappa shape index (κ3) is 5.17. The van der Waals surface area contributed by atoms with Crippen LogP contribution in [0.4, 0.5) is 0 Å². The Morgan fingerprint density at radius 2 is 2.05 bits per heavy atom. The molecular formula is C17H25NO2. The monoisotopic (exact) mass is 275 g/mol. The normalized spacial score (nSPS) is 13.9. The van der Waals surface area contributed by atoms with Gasteiger partial charge in [0.1, 0.15) is 0 Å². The van der Waals surface area contributed by atoms with Gasteiger partial charge in [0.05, 0.1) is 0 Å². The molecule has 1 atom stereocenters. The lowest BCUT2D eigenvalue weighted by atomic mass is 9.87. The SMILES string of the molecule is CC(N(C)Cc1cccc(C=CC(=O)O)c1)C(C)(C)C. The molecule has 0 aliphatic rings. The molecule has 0 spiro atoms. The van der Waals surface area contributed by atoms with E-state index in [-0.39, 0.29) is 5.41 Å². The average molecular weight is 275 g/mol. The fourth-order valence-electron chi connectivity index (χ4n) is 2.05. The number of aliphatic carboxylic acids is 1. The lowest BCUT2D eigenvalue weighted by molar-refractivity contribution is -0.131. The number of rotatable bonds is 5. The number of hydrogen-bond donors (Lipinski definition) is 1. The highest BCUT2D eigenvalue weighted by Crippen LogP contribution is 2.24. The van der Waals surface area contributed by atoms with Gasteiger partial charge in [0.2, 0.25) is 0 Å². The van der Waals surface area contributed by atoms with E-state index in [0.29, 0.717) is 6.04 Å². The van der Waals surface area contributed by atoms with Crippen molar-refractivity contribution in [2.45, 2.75) is 40.3 Å². The van der Waals surface area contributed by atoms with Crippen LogP contribution in [0.15, 0.2) is 30.3 Å². The molecule has 0 fully saturated rings. The first-order valence-electron chi connectivity index (χ1n) is 6.90. The molecule has 3 heteroatoms. The number of carbonyl (C=O) groups is 1. The molecular weight excluding hydrogens is 250 g/mol. The van der Waals surface area contributed by atoms with Crippen LogP contribution in [0.3, 0.4) is 0 Å². The van der Waals surface area contributed by atoms with Crippen LogP contribution in [0.2, 0.25) is 0 Å². The quantitative estimate of drug-likeness (QED) is 0.834. The minimum absolute atomic E-state index is 0.232. The van der Waals surface area contributed by atoms with E-state index < -0.39 is 5.97 Å². The summed E-state index contributed by atoms with van der Waals surface area (Å²) >= 11 is 0. The Morgan fingerprint density at radius 3 is 2.60 bits per heavy atom. The molecule has 1 N–H and O–H groups in total. The van der Waals surface area contributed by atoms with Crippen molar-refractivity contribution in [3.05, 3.63) is 41.5 Å². The molecule has 0 aliphatic carbocycles. The highest BCUT2D eigenvalue weighted by Gasteiger charge is 2.23. The van der Waals surface area contributed by atoms with Crippen LogP contribution in [-0.2, 0) is 11.3 Å². The maximum Gasteiger partial charge on any atom is 0.328 e. The Morgan fingerprint density at radius 1 is 1.40 bits per heavy atom. The smallest absolute Gasteiger partial charge is 0.328 e. The van der Waals surface area contributed by atoms with E-state index in [1.807, 2.05) is 18.2 Å². The Hall–Kier alpha value is -1.61. The topological polar surface area (TPSA) is 40.5 Å². The van der Waals surface area contributed by atoms with Gasteiger partial charge < -0.3 is 5.11 Å². The number of benzene rings is 1. The van der Waals surface area contributed by atoms with Gasteiger partial charge >= 0.3 is 5.97 Å². The van der Waals surface area contributed by atoms with Crippen molar-refractivity contribution in [2.75, 3.05) is 7.05 Å². The molecule has 1 unspecified atom stereocenters. The first-order valence-corrected chi connectivity index (χ1v) is 6.90. The minimum Gasteiger partial charge on any atom is -0.478 e. The summed E-state index contributed by atoms with van der Waals surface area (Å²) < 4.78 is 0. The Kier molecular flexibility index (Phi) is 5.52. The first-order chi connectivity index (χ1) is 9.20. The molecule has 1 aromatic carbocycles. The molecule has 1 aromatic rings. The molecule has 110 valence electrons. The number of carboxylic acid groups (broad SMARTS) is 1. The van der Waals surface area contributed by atoms with Crippen LogP contribution < -0.4 is 0 Å². The minimum atomic E-state index is -0.922. The fraction of sp³-hybridized carbons (Fsp3) is 0.471. The maximum absolute atomic E-state index is 10.5. The molecule has 0 aliphatic heterocycles. The van der Waals surface area contributed by atoms with Gasteiger partial charge in [-0.3, -0.25) is 4.90 Å². The van der Waals surface area contributed by atoms with Crippen molar-refractivity contribution in [3.8, 4) is 0 Å². The van der Waals surface area contributed by atoms with E-state index in [2.05, 4.69) is 45.7 Å². The second-order valence-electron chi connectivity index (χ2n) is 6.37. The van der Waals surface area contributed by atoms with E-state index >= 15 is 0 Å². The molecule has 0 heterocycles. The fourth-order valence-corrected chi connectivity index (χ4v) is 2.05. The summed E-state index contributed by atoms with van der Waals surface area (Å²) in [6, 6.07) is 8.44. The van der Waals surface area contributed by atoms with E-state index in [4.69, 9.17) is 5.11 Å². The average Bonchev–Trinajstić information content (AvgIpc) is 2.34. The summed E-state index contributed by atoms with van der Waals surface area (Å²) in [5.74, 6) is -0.922. The van der Waals surface area contributed by atoms with Gasteiger partial charge in [0, 0.05) is 18.7 Å². The summed E-state index contributed by atoms with van der Waals surface area (Å²) in [4.78, 5) is 12.9. The van der Waals surface area contributed by atoms with Crippen molar-refractivity contribution in [1.29, 1.82) is 0 Å². The van der Waals surface area contributed by atoms with E-state index in [1.165, 1.54) is 11.6 Å². The van der Waals surface area contributed by atoms with E-state index in [9.17, 15) is 4.79 Å². The van der Waals surface area contributed by atoms with Gasteiger partial charge in [0.15, 0.2) is 0 Å². The van der Waals surface area contributed by atoms with Crippen molar-refractivity contribution < 1.29 is 9.90 Å². The van der Waals surface area contributed by atoms with Crippen molar-refractivity contribution in [3.63, 3.8) is 0 Å². The van der Waals surface area contributed by atoms with E-state index in [0.717, 1.165) is 12.1 Å². The van der Waals surface area contributed by atoms with Crippen LogP contribution in [0, 0.1) is 5.41 Å². The summed E-state index contributed by atoms with van der Waals surface area (Å²) in [5.41, 5.74) is 2.34. The standard InChI is InChI=1S/C17H25NO2/c1-13(17(2,3)4)18(5)12-15-8-6-7-14(11-15)9-10-16(19)20/h6-11,13H,12H2,1-5H3,(H,19,20). The zero-order valence-corrected chi connectivity index (χ0v) is 13.1. The molecule has 0 aromatic heterocycles. The van der Waals surface area contributed by atoms with Crippen molar-refractivity contribution >= 4 is 12.0 Å². The first kappa shape index (κ1) is 16.4. The third-order valence-corrected chi connectivity index (χ3v) is 3.72. The number of nitrogens with zero attached hydrogens (tertiary/aromatic N) is 1. The molecule has 20 heavy (non-hydrogen) atoms. The van der Waals surface area contributed by atoms with E-state index in [1.54, 1.807) is 6.08 Å². The predicted octanol–water partition coefficient (Wildman–Crippen LogP) is 3.65. The van der Waals surface area contributed by atoms with Crippen LogP contribution in [-0.4, -0.2) is 29.1 Å². The Balaban J connectivity index is 2.78. The highest BCUT2D eigenvalue weighted by atomic mass is 16.4. The van der Waals surface area contributed by atoms with Gasteiger partial charge in [-0.1, -0.05) is 45.0 Å².